The van der Waals surface area contributed by atoms with Crippen LogP contribution in [0.5, 0.6) is 0 Å². The Hall–Kier alpha value is -1.46. The molecule has 98 valence electrons. The zero-order valence-corrected chi connectivity index (χ0v) is 11.0. The van der Waals surface area contributed by atoms with Crippen LogP contribution in [0.4, 0.5) is 0 Å². The third kappa shape index (κ3) is 3.05. The van der Waals surface area contributed by atoms with Crippen LogP contribution in [0.15, 0.2) is 24.5 Å². The Morgan fingerprint density at radius 3 is 2.89 bits per heavy atom. The van der Waals surface area contributed by atoms with Gasteiger partial charge in [0.15, 0.2) is 0 Å². The van der Waals surface area contributed by atoms with E-state index in [9.17, 15) is 4.79 Å². The predicted octanol–water partition coefficient (Wildman–Crippen LogP) is -0.0564. The number of rotatable bonds is 3. The minimum absolute atomic E-state index is 0.0677. The molecule has 5 heteroatoms. The highest BCUT2D eigenvalue weighted by Gasteiger charge is 2.29. The second-order valence-corrected chi connectivity index (χ2v) is 4.78. The molecule has 5 nitrogen and oxygen atoms in total. The van der Waals surface area contributed by atoms with Crippen molar-refractivity contribution in [2.75, 3.05) is 33.7 Å². The van der Waals surface area contributed by atoms with Gasteiger partial charge in [-0.15, -0.1) is 0 Å². The molecule has 1 atom stereocenters. The minimum atomic E-state index is -0.0677. The highest BCUT2D eigenvalue weighted by atomic mass is 16.2. The van der Waals surface area contributed by atoms with Gasteiger partial charge in [0.05, 0.1) is 0 Å². The number of likely N-dealkylation sites (N-methyl/N-ethyl adjacent to an activating group) is 1. The first-order valence-corrected chi connectivity index (χ1v) is 6.23. The van der Waals surface area contributed by atoms with Gasteiger partial charge in [0.25, 0.3) is 0 Å². The van der Waals surface area contributed by atoms with Crippen LogP contribution in [0.25, 0.3) is 0 Å². The van der Waals surface area contributed by atoms with E-state index < -0.39 is 0 Å². The van der Waals surface area contributed by atoms with Crippen LogP contribution in [-0.2, 0) is 11.3 Å². The van der Waals surface area contributed by atoms with E-state index in [1.165, 1.54) is 5.56 Å². The number of amides is 1. The number of hydrogen-bond acceptors (Lipinski definition) is 4. The molecule has 1 aromatic rings. The van der Waals surface area contributed by atoms with Crippen molar-refractivity contribution in [2.24, 2.45) is 0 Å². The zero-order chi connectivity index (χ0) is 13.0. The van der Waals surface area contributed by atoms with Gasteiger partial charge in [-0.2, -0.15) is 0 Å². The summed E-state index contributed by atoms with van der Waals surface area (Å²) in [5, 5.41) is 3.28. The number of piperazine rings is 1. The molecule has 0 saturated carbocycles. The molecule has 2 heterocycles. The van der Waals surface area contributed by atoms with Crippen molar-refractivity contribution in [3.63, 3.8) is 0 Å². The fourth-order valence-electron chi connectivity index (χ4n) is 2.20. The SMILES string of the molecule is CN(C)C(=O)C1CNCCN1Cc1ccncc1. The smallest absolute Gasteiger partial charge is 0.240 e. The van der Waals surface area contributed by atoms with Crippen molar-refractivity contribution in [1.29, 1.82) is 0 Å². The molecule has 0 aliphatic carbocycles. The highest BCUT2D eigenvalue weighted by Crippen LogP contribution is 2.11. The summed E-state index contributed by atoms with van der Waals surface area (Å²) >= 11 is 0. The molecule has 1 N–H and O–H groups in total. The minimum Gasteiger partial charge on any atom is -0.347 e. The molecule has 1 unspecified atom stereocenters. The van der Waals surface area contributed by atoms with E-state index in [4.69, 9.17) is 0 Å². The van der Waals surface area contributed by atoms with Gasteiger partial charge in [0.2, 0.25) is 5.91 Å². The largest absolute Gasteiger partial charge is 0.347 e. The van der Waals surface area contributed by atoms with Crippen LogP contribution < -0.4 is 5.32 Å². The maximum Gasteiger partial charge on any atom is 0.240 e. The van der Waals surface area contributed by atoms with E-state index in [0.29, 0.717) is 0 Å². The van der Waals surface area contributed by atoms with Gasteiger partial charge in [-0.25, -0.2) is 0 Å². The van der Waals surface area contributed by atoms with E-state index in [1.807, 2.05) is 26.2 Å². The van der Waals surface area contributed by atoms with E-state index in [0.717, 1.165) is 26.2 Å². The van der Waals surface area contributed by atoms with Gasteiger partial charge < -0.3 is 10.2 Å². The Morgan fingerprint density at radius 2 is 2.22 bits per heavy atom. The lowest BCUT2D eigenvalue weighted by molar-refractivity contribution is -0.135. The first-order valence-electron chi connectivity index (χ1n) is 6.23. The number of carbonyl (C=O) groups excluding carboxylic acids is 1. The summed E-state index contributed by atoms with van der Waals surface area (Å²) in [5.41, 5.74) is 1.20. The maximum atomic E-state index is 12.1. The van der Waals surface area contributed by atoms with Crippen molar-refractivity contribution < 1.29 is 4.79 Å². The van der Waals surface area contributed by atoms with Crippen LogP contribution in [0.2, 0.25) is 0 Å². The Bertz CT molecular complexity index is 393. The Balaban J connectivity index is 2.06. The molecule has 1 saturated heterocycles. The third-order valence-electron chi connectivity index (χ3n) is 3.22. The van der Waals surface area contributed by atoms with Gasteiger partial charge in [-0.3, -0.25) is 14.7 Å². The Kier molecular flexibility index (Phi) is 4.28. The molecule has 1 aliphatic rings. The summed E-state index contributed by atoms with van der Waals surface area (Å²) in [6.07, 6.45) is 3.58. The normalized spacial score (nSPS) is 20.7. The Labute approximate surface area is 108 Å². The number of hydrogen-bond donors (Lipinski definition) is 1. The van der Waals surface area contributed by atoms with Crippen molar-refractivity contribution >= 4 is 5.91 Å². The number of aromatic nitrogens is 1. The molecule has 1 aromatic heterocycles. The van der Waals surface area contributed by atoms with E-state index in [2.05, 4.69) is 15.2 Å². The van der Waals surface area contributed by atoms with E-state index in [-0.39, 0.29) is 11.9 Å². The molecule has 1 aliphatic heterocycles. The topological polar surface area (TPSA) is 48.5 Å². The molecule has 0 bridgehead atoms. The zero-order valence-electron chi connectivity index (χ0n) is 11.0. The van der Waals surface area contributed by atoms with Crippen LogP contribution >= 0.6 is 0 Å². The van der Waals surface area contributed by atoms with Crippen molar-refractivity contribution in [1.82, 2.24) is 20.1 Å². The number of carbonyl (C=O) groups is 1. The van der Waals surface area contributed by atoms with E-state index in [1.54, 1.807) is 17.3 Å². The molecular formula is C13H20N4O. The summed E-state index contributed by atoms with van der Waals surface area (Å²) in [6, 6.07) is 3.93. The van der Waals surface area contributed by atoms with Crippen molar-refractivity contribution in [2.45, 2.75) is 12.6 Å². The van der Waals surface area contributed by atoms with Crippen LogP contribution in [0.1, 0.15) is 5.56 Å². The molecule has 18 heavy (non-hydrogen) atoms. The van der Waals surface area contributed by atoms with E-state index >= 15 is 0 Å². The van der Waals surface area contributed by atoms with Gasteiger partial charge >= 0.3 is 0 Å². The number of pyridine rings is 1. The van der Waals surface area contributed by atoms with Gasteiger partial charge in [-0.1, -0.05) is 0 Å². The summed E-state index contributed by atoms with van der Waals surface area (Å²) in [4.78, 5) is 20.0. The summed E-state index contributed by atoms with van der Waals surface area (Å²) in [5.74, 6) is 0.163. The van der Waals surface area contributed by atoms with Crippen LogP contribution in [-0.4, -0.2) is 60.5 Å². The van der Waals surface area contributed by atoms with Gasteiger partial charge in [0.1, 0.15) is 6.04 Å². The molecule has 0 radical (unpaired) electrons. The molecule has 0 spiro atoms. The lowest BCUT2D eigenvalue weighted by Crippen LogP contribution is -2.57. The second kappa shape index (κ2) is 5.93. The van der Waals surface area contributed by atoms with Crippen molar-refractivity contribution in [3.05, 3.63) is 30.1 Å². The third-order valence-corrected chi connectivity index (χ3v) is 3.22. The van der Waals surface area contributed by atoms with Crippen molar-refractivity contribution in [3.8, 4) is 0 Å². The summed E-state index contributed by atoms with van der Waals surface area (Å²) in [6.45, 7) is 3.35. The first-order chi connectivity index (χ1) is 8.68. The molecule has 1 amide bonds. The van der Waals surface area contributed by atoms with Gasteiger partial charge in [0, 0.05) is 52.7 Å². The predicted molar refractivity (Wildman–Crippen MR) is 70.0 cm³/mol. The quantitative estimate of drug-likeness (QED) is 0.814. The molecule has 1 fully saturated rings. The average molecular weight is 248 g/mol. The summed E-state index contributed by atoms with van der Waals surface area (Å²) in [7, 11) is 3.61. The monoisotopic (exact) mass is 248 g/mol. The Morgan fingerprint density at radius 1 is 1.50 bits per heavy atom. The number of nitrogens with one attached hydrogen (secondary N) is 1. The maximum absolute atomic E-state index is 12.1. The fraction of sp³-hybridized carbons (Fsp3) is 0.538. The highest BCUT2D eigenvalue weighted by molar-refractivity contribution is 5.81. The van der Waals surface area contributed by atoms with Crippen LogP contribution in [0.3, 0.4) is 0 Å². The second-order valence-electron chi connectivity index (χ2n) is 4.78. The average Bonchev–Trinajstić information content (AvgIpc) is 2.39. The standard InChI is InChI=1S/C13H20N4O/c1-16(2)13(18)12-9-15-7-8-17(12)10-11-3-5-14-6-4-11/h3-6,12,15H,7-10H2,1-2H3. The molecular weight excluding hydrogens is 228 g/mol. The summed E-state index contributed by atoms with van der Waals surface area (Å²) < 4.78 is 0. The lowest BCUT2D eigenvalue weighted by Gasteiger charge is -2.36. The lowest BCUT2D eigenvalue weighted by atomic mass is 10.1. The van der Waals surface area contributed by atoms with Crippen LogP contribution in [0, 0.1) is 0 Å². The molecule has 2 rings (SSSR count). The van der Waals surface area contributed by atoms with Gasteiger partial charge in [-0.05, 0) is 17.7 Å². The molecule has 0 aromatic carbocycles. The number of nitrogens with zero attached hydrogens (tertiary/aromatic N) is 3. The first kappa shape index (κ1) is 13.0. The fourth-order valence-corrected chi connectivity index (χ4v) is 2.20.